The molecular formula is C47H74N2O6. The van der Waals surface area contributed by atoms with E-state index in [1.165, 1.54) is 5.57 Å². The van der Waals surface area contributed by atoms with Crippen LogP contribution in [0, 0.1) is 29.1 Å². The Balaban J connectivity index is 1.60. The van der Waals surface area contributed by atoms with Crippen LogP contribution >= 0.6 is 0 Å². The lowest BCUT2D eigenvalue weighted by atomic mass is 9.65. The lowest BCUT2D eigenvalue weighted by molar-refractivity contribution is -0.164. The van der Waals surface area contributed by atoms with E-state index in [4.69, 9.17) is 4.74 Å². The molecule has 0 fully saturated rings. The second-order valence-electron chi connectivity index (χ2n) is 16.1. The fourth-order valence-electron chi connectivity index (χ4n) is 7.09. The van der Waals surface area contributed by atoms with Crippen LogP contribution < -0.4 is 10.6 Å². The highest BCUT2D eigenvalue weighted by molar-refractivity contribution is 5.77. The van der Waals surface area contributed by atoms with Gasteiger partial charge in [-0.2, -0.15) is 0 Å². The number of rotatable bonds is 26. The van der Waals surface area contributed by atoms with Gasteiger partial charge in [0.1, 0.15) is 6.10 Å². The molecule has 4 N–H and O–H groups in total. The molecule has 0 aromatic heterocycles. The zero-order chi connectivity index (χ0) is 40.5. The van der Waals surface area contributed by atoms with Gasteiger partial charge in [-0.1, -0.05) is 107 Å². The van der Waals surface area contributed by atoms with Gasteiger partial charge in [0.2, 0.25) is 11.8 Å². The average Bonchev–Trinajstić information content (AvgIpc) is 3.14. The molecule has 0 bridgehead atoms. The van der Waals surface area contributed by atoms with E-state index in [1.54, 1.807) is 0 Å². The Morgan fingerprint density at radius 3 is 2.04 bits per heavy atom. The van der Waals surface area contributed by atoms with E-state index in [0.29, 0.717) is 31.7 Å². The summed E-state index contributed by atoms with van der Waals surface area (Å²) in [6.45, 7) is 12.9. The summed E-state index contributed by atoms with van der Waals surface area (Å²) in [4.78, 5) is 37.7. The molecule has 2 aliphatic rings. The van der Waals surface area contributed by atoms with Crippen molar-refractivity contribution < 1.29 is 29.3 Å². The Kier molecular flexibility index (Phi) is 23.5. The molecular weight excluding hydrogens is 689 g/mol. The molecule has 0 saturated heterocycles. The second-order valence-corrected chi connectivity index (χ2v) is 16.1. The first kappa shape index (κ1) is 47.7. The smallest absolute Gasteiger partial charge is 0.311 e. The van der Waals surface area contributed by atoms with Crippen molar-refractivity contribution in [3.05, 3.63) is 84.6 Å². The number of hydrogen-bond acceptors (Lipinski definition) is 6. The van der Waals surface area contributed by atoms with Gasteiger partial charge >= 0.3 is 5.97 Å². The van der Waals surface area contributed by atoms with E-state index >= 15 is 0 Å². The number of amides is 2. The van der Waals surface area contributed by atoms with Gasteiger partial charge in [0.05, 0.1) is 24.0 Å². The average molecular weight is 763 g/mol. The lowest BCUT2D eigenvalue weighted by Gasteiger charge is -2.44. The van der Waals surface area contributed by atoms with Gasteiger partial charge < -0.3 is 25.6 Å². The largest absolute Gasteiger partial charge is 0.461 e. The van der Waals surface area contributed by atoms with E-state index in [2.05, 4.69) is 110 Å². The number of aliphatic hydroxyl groups is 2. The summed E-state index contributed by atoms with van der Waals surface area (Å²) < 4.78 is 6.20. The van der Waals surface area contributed by atoms with Crippen molar-refractivity contribution in [3.8, 4) is 0 Å². The lowest BCUT2D eigenvalue weighted by Crippen LogP contribution is -2.43. The highest BCUT2D eigenvalue weighted by Crippen LogP contribution is 2.45. The van der Waals surface area contributed by atoms with E-state index in [9.17, 15) is 24.6 Å². The molecule has 8 nitrogen and oxygen atoms in total. The summed E-state index contributed by atoms with van der Waals surface area (Å²) in [5, 5.41) is 27.0. The highest BCUT2D eigenvalue weighted by Gasteiger charge is 2.42. The van der Waals surface area contributed by atoms with Gasteiger partial charge in [-0.05, 0) is 114 Å². The number of esters is 1. The molecule has 308 valence electrons. The Bertz CT molecular complexity index is 1350. The van der Waals surface area contributed by atoms with Gasteiger partial charge in [-0.25, -0.2) is 0 Å². The third-order valence-electron chi connectivity index (χ3n) is 10.8. The SMILES string of the molecule is CCC=CCC=CCC=CCC=CCC=CCCCC(=O)NCCNC(=O)CC(O)CC(O)CCC1C(C)C=CC2=CC(C)CC(OC(=O)C(C)(C)CC)C21. The summed E-state index contributed by atoms with van der Waals surface area (Å²) >= 11 is 0. The Hall–Kier alpha value is -3.49. The molecule has 0 spiro atoms. The van der Waals surface area contributed by atoms with Gasteiger partial charge in [0, 0.05) is 25.4 Å². The van der Waals surface area contributed by atoms with Crippen LogP contribution in [-0.2, 0) is 19.1 Å². The van der Waals surface area contributed by atoms with Gasteiger partial charge in [0.25, 0.3) is 0 Å². The molecule has 8 heteroatoms. The molecule has 7 atom stereocenters. The maximum absolute atomic E-state index is 13.1. The number of fused-ring (bicyclic) bond motifs is 1. The molecule has 7 unspecified atom stereocenters. The van der Waals surface area contributed by atoms with Gasteiger partial charge in [0.15, 0.2) is 0 Å². The third kappa shape index (κ3) is 19.8. The molecule has 0 radical (unpaired) electrons. The topological polar surface area (TPSA) is 125 Å². The summed E-state index contributed by atoms with van der Waals surface area (Å²) in [6, 6.07) is 0. The number of unbranched alkanes of at least 4 members (excludes halogenated alkanes) is 1. The van der Waals surface area contributed by atoms with Crippen LogP contribution in [0.15, 0.2) is 84.6 Å². The zero-order valence-electron chi connectivity index (χ0n) is 34.9. The number of aliphatic hydroxyl groups excluding tert-OH is 2. The summed E-state index contributed by atoms with van der Waals surface area (Å²) in [5.41, 5.74) is 0.665. The van der Waals surface area contributed by atoms with E-state index in [-0.39, 0.29) is 61.0 Å². The standard InChI is InChI=1S/C47H74N2O6/c1-7-9-10-11-12-13-14-15-16-17-18-19-20-21-22-23-24-25-43(52)48-30-31-49-44(53)35-40(51)34-39(50)28-29-41-37(4)26-27-38-32-36(3)33-42(45(38)41)55-46(54)47(5,6)8-2/h9-10,12-13,15-16,18-19,21-22,26-27,32,36-37,39-42,45,50-51H,7-8,11,14,17,20,23-25,28-31,33-35H2,1-6H3,(H,48,52)(H,49,53). The fourth-order valence-corrected chi connectivity index (χ4v) is 7.09. The monoisotopic (exact) mass is 763 g/mol. The molecule has 0 saturated carbocycles. The van der Waals surface area contributed by atoms with E-state index < -0.39 is 17.6 Å². The Labute approximate surface area is 333 Å². The van der Waals surface area contributed by atoms with E-state index in [0.717, 1.165) is 57.8 Å². The first-order valence-electron chi connectivity index (χ1n) is 21.1. The maximum Gasteiger partial charge on any atom is 0.311 e. The van der Waals surface area contributed by atoms with Crippen molar-refractivity contribution in [2.45, 2.75) is 150 Å². The number of allylic oxidation sites excluding steroid dienone is 13. The quantitative estimate of drug-likeness (QED) is 0.0396. The minimum atomic E-state index is -0.972. The molecule has 55 heavy (non-hydrogen) atoms. The van der Waals surface area contributed by atoms with Crippen molar-refractivity contribution in [1.29, 1.82) is 0 Å². The minimum Gasteiger partial charge on any atom is -0.461 e. The van der Waals surface area contributed by atoms with Crippen molar-refractivity contribution in [1.82, 2.24) is 10.6 Å². The number of ether oxygens (including phenoxy) is 1. The van der Waals surface area contributed by atoms with Crippen molar-refractivity contribution >= 4 is 17.8 Å². The molecule has 2 rings (SSSR count). The molecule has 0 heterocycles. The maximum atomic E-state index is 13.1. The molecule has 2 aliphatic carbocycles. The summed E-state index contributed by atoms with van der Waals surface area (Å²) in [5.74, 6) is 0.293. The summed E-state index contributed by atoms with van der Waals surface area (Å²) in [7, 11) is 0. The van der Waals surface area contributed by atoms with Crippen LogP contribution in [-0.4, -0.2) is 59.4 Å². The van der Waals surface area contributed by atoms with Gasteiger partial charge in [-0.3, -0.25) is 14.4 Å². The highest BCUT2D eigenvalue weighted by atomic mass is 16.5. The normalized spacial score (nSPS) is 22.8. The molecule has 0 aromatic rings. The van der Waals surface area contributed by atoms with Crippen LogP contribution in [0.25, 0.3) is 0 Å². The van der Waals surface area contributed by atoms with Crippen LogP contribution in [0.2, 0.25) is 0 Å². The van der Waals surface area contributed by atoms with Crippen LogP contribution in [0.4, 0.5) is 0 Å². The van der Waals surface area contributed by atoms with Crippen LogP contribution in [0.3, 0.4) is 0 Å². The van der Waals surface area contributed by atoms with Crippen molar-refractivity contribution in [2.75, 3.05) is 13.1 Å². The number of nitrogens with one attached hydrogen (secondary N) is 2. The number of carbonyl (C=O) groups is 3. The molecule has 0 aliphatic heterocycles. The summed E-state index contributed by atoms with van der Waals surface area (Å²) in [6.07, 6.45) is 36.0. The Morgan fingerprint density at radius 2 is 1.44 bits per heavy atom. The first-order valence-corrected chi connectivity index (χ1v) is 21.1. The zero-order valence-corrected chi connectivity index (χ0v) is 34.9. The van der Waals surface area contributed by atoms with Crippen LogP contribution in [0.5, 0.6) is 0 Å². The predicted octanol–water partition coefficient (Wildman–Crippen LogP) is 9.18. The molecule has 0 aromatic carbocycles. The Morgan fingerprint density at radius 1 is 0.855 bits per heavy atom. The fraction of sp³-hybridized carbons (Fsp3) is 0.638. The first-order chi connectivity index (χ1) is 26.4. The van der Waals surface area contributed by atoms with Crippen molar-refractivity contribution in [3.63, 3.8) is 0 Å². The van der Waals surface area contributed by atoms with Gasteiger partial charge in [-0.15, -0.1) is 0 Å². The van der Waals surface area contributed by atoms with Crippen molar-refractivity contribution in [2.24, 2.45) is 29.1 Å². The molecule has 2 amide bonds. The number of carbonyl (C=O) groups excluding carboxylic acids is 3. The predicted molar refractivity (Wildman–Crippen MR) is 226 cm³/mol. The van der Waals surface area contributed by atoms with Crippen LogP contribution in [0.1, 0.15) is 131 Å². The second kappa shape index (κ2) is 27.2. The minimum absolute atomic E-state index is 0.0489. The van der Waals surface area contributed by atoms with E-state index in [1.807, 2.05) is 20.8 Å². The number of hydrogen-bond donors (Lipinski definition) is 4. The third-order valence-corrected chi connectivity index (χ3v) is 10.8.